The van der Waals surface area contributed by atoms with Crippen LogP contribution >= 0.6 is 0 Å². The molecule has 0 aliphatic heterocycles. The molecule has 0 heterocycles. The molecule has 0 aromatic heterocycles. The van der Waals surface area contributed by atoms with Crippen LogP contribution in [-0.2, 0) is 0 Å². The quantitative estimate of drug-likeness (QED) is 0.859. The summed E-state index contributed by atoms with van der Waals surface area (Å²) in [6, 6.07) is 17.6. The van der Waals surface area contributed by atoms with Crippen LogP contribution in [0.4, 0.5) is 14.5 Å². The number of benzene rings is 2. The van der Waals surface area contributed by atoms with Crippen molar-refractivity contribution in [3.63, 3.8) is 0 Å². The molecule has 108 valence electrons. The second-order valence-electron chi connectivity index (χ2n) is 4.34. The molecule has 2 aromatic carbocycles. The van der Waals surface area contributed by atoms with E-state index in [-0.39, 0.29) is 18.2 Å². The van der Waals surface area contributed by atoms with Crippen molar-refractivity contribution in [1.29, 1.82) is 5.26 Å². The minimum absolute atomic E-state index is 0.0615. The number of para-hydroxylation sites is 2. The number of hydrogen-bond acceptors (Lipinski definition) is 3. The van der Waals surface area contributed by atoms with Gasteiger partial charge in [-0.15, -0.1) is 0 Å². The number of anilines is 1. The summed E-state index contributed by atoms with van der Waals surface area (Å²) < 4.78 is 29.3. The number of nitrogens with zero attached hydrogens (tertiary/aromatic N) is 1. The summed E-state index contributed by atoms with van der Waals surface area (Å²) in [6.07, 6.45) is 0.215. The first-order valence-corrected chi connectivity index (χ1v) is 6.43. The maximum absolute atomic E-state index is 12.4. The Morgan fingerprint density at radius 1 is 1.05 bits per heavy atom. The van der Waals surface area contributed by atoms with Gasteiger partial charge in [-0.25, -0.2) is 0 Å². The highest BCUT2D eigenvalue weighted by atomic mass is 19.3. The van der Waals surface area contributed by atoms with E-state index in [0.717, 1.165) is 5.56 Å². The molecule has 2 aromatic rings. The molecule has 3 nitrogen and oxygen atoms in total. The van der Waals surface area contributed by atoms with Crippen molar-refractivity contribution in [2.75, 3.05) is 5.32 Å². The highest BCUT2D eigenvalue weighted by Crippen LogP contribution is 2.30. The predicted octanol–water partition coefficient (Wildman–Crippen LogP) is 4.35. The molecule has 5 heteroatoms. The van der Waals surface area contributed by atoms with E-state index < -0.39 is 6.61 Å². The number of rotatable bonds is 6. The molecular formula is C16H14F2N2O. The molecule has 1 N–H and O–H groups in total. The second-order valence-corrected chi connectivity index (χ2v) is 4.34. The fraction of sp³-hybridized carbons (Fsp3) is 0.188. The van der Waals surface area contributed by atoms with E-state index in [9.17, 15) is 8.78 Å². The summed E-state index contributed by atoms with van der Waals surface area (Å²) in [5, 5.41) is 12.0. The molecule has 0 fully saturated rings. The zero-order chi connectivity index (χ0) is 15.1. The van der Waals surface area contributed by atoms with Gasteiger partial charge in [-0.05, 0) is 17.7 Å². The van der Waals surface area contributed by atoms with Gasteiger partial charge in [-0.3, -0.25) is 0 Å². The molecule has 21 heavy (non-hydrogen) atoms. The number of ether oxygens (including phenoxy) is 1. The molecular weight excluding hydrogens is 274 g/mol. The lowest BCUT2D eigenvalue weighted by Gasteiger charge is -2.20. The predicted molar refractivity (Wildman–Crippen MR) is 76.1 cm³/mol. The van der Waals surface area contributed by atoms with Crippen LogP contribution in [0.5, 0.6) is 5.75 Å². The molecule has 1 atom stereocenters. The smallest absolute Gasteiger partial charge is 0.387 e. The zero-order valence-corrected chi connectivity index (χ0v) is 11.2. The fourth-order valence-electron chi connectivity index (χ4n) is 2.00. The van der Waals surface area contributed by atoms with Crippen molar-refractivity contribution >= 4 is 5.69 Å². The Morgan fingerprint density at radius 3 is 2.38 bits per heavy atom. The van der Waals surface area contributed by atoms with Gasteiger partial charge in [0.05, 0.1) is 24.2 Å². The molecule has 0 saturated carbocycles. The topological polar surface area (TPSA) is 45.0 Å². The largest absolute Gasteiger partial charge is 0.433 e. The lowest BCUT2D eigenvalue weighted by atomic mass is 10.0. The van der Waals surface area contributed by atoms with Crippen molar-refractivity contribution in [2.45, 2.75) is 19.1 Å². The van der Waals surface area contributed by atoms with Gasteiger partial charge in [-0.2, -0.15) is 14.0 Å². The average Bonchev–Trinajstić information content (AvgIpc) is 2.49. The molecule has 2 rings (SSSR count). The van der Waals surface area contributed by atoms with Crippen LogP contribution in [0.3, 0.4) is 0 Å². The average molecular weight is 288 g/mol. The summed E-state index contributed by atoms with van der Waals surface area (Å²) in [4.78, 5) is 0. The molecule has 0 radical (unpaired) electrons. The van der Waals surface area contributed by atoms with Crippen LogP contribution in [0.15, 0.2) is 54.6 Å². The van der Waals surface area contributed by atoms with Crippen molar-refractivity contribution in [2.24, 2.45) is 0 Å². The number of nitrogens with one attached hydrogen (secondary N) is 1. The summed E-state index contributed by atoms with van der Waals surface area (Å²) in [6.45, 7) is -2.89. The van der Waals surface area contributed by atoms with Gasteiger partial charge in [0.25, 0.3) is 0 Å². The number of nitriles is 1. The van der Waals surface area contributed by atoms with Gasteiger partial charge in [-0.1, -0.05) is 42.5 Å². The molecule has 0 amide bonds. The zero-order valence-electron chi connectivity index (χ0n) is 11.2. The minimum Gasteiger partial charge on any atom is -0.433 e. The summed E-state index contributed by atoms with van der Waals surface area (Å²) in [5.74, 6) is 0.0615. The number of hydrogen-bond donors (Lipinski definition) is 1. The van der Waals surface area contributed by atoms with E-state index >= 15 is 0 Å². The Bertz CT molecular complexity index is 611. The Labute approximate surface area is 121 Å². The van der Waals surface area contributed by atoms with Gasteiger partial charge in [0.1, 0.15) is 5.75 Å². The summed E-state index contributed by atoms with van der Waals surface area (Å²) in [7, 11) is 0. The van der Waals surface area contributed by atoms with E-state index in [2.05, 4.69) is 16.1 Å². The van der Waals surface area contributed by atoms with E-state index in [1.807, 2.05) is 30.3 Å². The lowest BCUT2D eigenvalue weighted by molar-refractivity contribution is -0.0493. The van der Waals surface area contributed by atoms with Crippen molar-refractivity contribution in [3.8, 4) is 11.8 Å². The standard InChI is InChI=1S/C16H14F2N2O/c17-16(18)21-15-9-5-4-8-14(15)20-13(10-11-19)12-6-2-1-3-7-12/h1-9,13,16,20H,10H2. The molecule has 0 bridgehead atoms. The molecule has 0 spiro atoms. The van der Waals surface area contributed by atoms with Gasteiger partial charge in [0.2, 0.25) is 0 Å². The lowest BCUT2D eigenvalue weighted by Crippen LogP contribution is -2.12. The van der Waals surface area contributed by atoms with Crippen LogP contribution in [0, 0.1) is 11.3 Å². The van der Waals surface area contributed by atoms with Crippen molar-refractivity contribution in [1.82, 2.24) is 0 Å². The van der Waals surface area contributed by atoms with Crippen LogP contribution in [0.2, 0.25) is 0 Å². The van der Waals surface area contributed by atoms with E-state index in [1.54, 1.807) is 18.2 Å². The van der Waals surface area contributed by atoms with Crippen molar-refractivity contribution in [3.05, 3.63) is 60.2 Å². The highest BCUT2D eigenvalue weighted by Gasteiger charge is 2.15. The van der Waals surface area contributed by atoms with Gasteiger partial charge in [0, 0.05) is 0 Å². The maximum atomic E-state index is 12.4. The Balaban J connectivity index is 2.24. The summed E-state index contributed by atoms with van der Waals surface area (Å²) in [5.41, 5.74) is 1.34. The first-order valence-electron chi connectivity index (χ1n) is 6.43. The van der Waals surface area contributed by atoms with E-state index in [0.29, 0.717) is 5.69 Å². The van der Waals surface area contributed by atoms with Crippen LogP contribution < -0.4 is 10.1 Å². The molecule has 0 saturated heterocycles. The molecule has 0 aliphatic carbocycles. The molecule has 1 unspecified atom stereocenters. The van der Waals surface area contributed by atoms with Crippen LogP contribution in [-0.4, -0.2) is 6.61 Å². The second kappa shape index (κ2) is 7.25. The monoisotopic (exact) mass is 288 g/mol. The highest BCUT2D eigenvalue weighted by molar-refractivity contribution is 5.57. The third-order valence-electron chi connectivity index (χ3n) is 2.93. The van der Waals surface area contributed by atoms with E-state index in [4.69, 9.17) is 5.26 Å². The number of halogens is 2. The summed E-state index contributed by atoms with van der Waals surface area (Å²) >= 11 is 0. The SMILES string of the molecule is N#CCC(Nc1ccccc1OC(F)F)c1ccccc1. The third kappa shape index (κ3) is 4.18. The minimum atomic E-state index is -2.89. The van der Waals surface area contributed by atoms with Crippen molar-refractivity contribution < 1.29 is 13.5 Å². The fourth-order valence-corrected chi connectivity index (χ4v) is 2.00. The van der Waals surface area contributed by atoms with Crippen LogP contribution in [0.1, 0.15) is 18.0 Å². The normalized spacial score (nSPS) is 11.7. The number of alkyl halides is 2. The van der Waals surface area contributed by atoms with Gasteiger partial charge >= 0.3 is 6.61 Å². The first kappa shape index (κ1) is 14.8. The third-order valence-corrected chi connectivity index (χ3v) is 2.93. The van der Waals surface area contributed by atoms with E-state index in [1.165, 1.54) is 6.07 Å². The van der Waals surface area contributed by atoms with Gasteiger partial charge < -0.3 is 10.1 Å². The Morgan fingerprint density at radius 2 is 1.71 bits per heavy atom. The molecule has 0 aliphatic rings. The Hall–Kier alpha value is -2.61. The van der Waals surface area contributed by atoms with Crippen LogP contribution in [0.25, 0.3) is 0 Å². The first-order chi connectivity index (χ1) is 10.2. The Kier molecular flexibility index (Phi) is 5.10. The van der Waals surface area contributed by atoms with Gasteiger partial charge in [0.15, 0.2) is 0 Å². The maximum Gasteiger partial charge on any atom is 0.387 e.